The van der Waals surface area contributed by atoms with E-state index < -0.39 is 6.18 Å². The van der Waals surface area contributed by atoms with Crippen molar-refractivity contribution in [1.29, 1.82) is 0 Å². The summed E-state index contributed by atoms with van der Waals surface area (Å²) in [5.41, 5.74) is 0.694. The van der Waals surface area contributed by atoms with Crippen LogP contribution in [0.5, 0.6) is 0 Å². The van der Waals surface area contributed by atoms with Crippen molar-refractivity contribution in [3.8, 4) is 11.8 Å². The molecule has 0 saturated heterocycles. The van der Waals surface area contributed by atoms with Crippen molar-refractivity contribution < 1.29 is 13.2 Å². The van der Waals surface area contributed by atoms with Crippen molar-refractivity contribution >= 4 is 0 Å². The Labute approximate surface area is 80.1 Å². The van der Waals surface area contributed by atoms with E-state index in [1.165, 1.54) is 0 Å². The molecule has 0 bridgehead atoms. The first-order valence-corrected chi connectivity index (χ1v) is 3.89. The van der Waals surface area contributed by atoms with E-state index in [0.717, 1.165) is 6.08 Å². The maximum Gasteiger partial charge on any atom is 0.410 e. The summed E-state index contributed by atoms with van der Waals surface area (Å²) in [5, 5.41) is 0. The number of benzene rings is 1. The number of alkyl halides is 3. The number of hydrogen-bond donors (Lipinski definition) is 0. The standard InChI is InChI=1S/C11H7F3/c12-11(13,14)9-5-4-8-10-6-2-1-3-7-10/h1-3,5-7,9H. The number of hydrogen-bond acceptors (Lipinski definition) is 0. The minimum absolute atomic E-state index is 0.114. The van der Waals surface area contributed by atoms with Crippen LogP contribution in [0.2, 0.25) is 0 Å². The Morgan fingerprint density at radius 1 is 1.07 bits per heavy atom. The van der Waals surface area contributed by atoms with Gasteiger partial charge in [0.2, 0.25) is 0 Å². The van der Waals surface area contributed by atoms with Crippen molar-refractivity contribution in [1.82, 2.24) is 0 Å². The molecule has 0 aromatic heterocycles. The Kier molecular flexibility index (Phi) is 3.35. The van der Waals surface area contributed by atoms with E-state index in [0.29, 0.717) is 5.56 Å². The molecule has 0 N–H and O–H groups in total. The monoisotopic (exact) mass is 196 g/mol. The van der Waals surface area contributed by atoms with Gasteiger partial charge in [0.25, 0.3) is 0 Å². The zero-order valence-corrected chi connectivity index (χ0v) is 7.18. The molecule has 1 rings (SSSR count). The van der Waals surface area contributed by atoms with Gasteiger partial charge < -0.3 is 0 Å². The molecule has 0 amide bonds. The zero-order valence-electron chi connectivity index (χ0n) is 7.18. The zero-order chi connectivity index (χ0) is 10.4. The molecule has 0 nitrogen and oxygen atoms in total. The summed E-state index contributed by atoms with van der Waals surface area (Å²) in [6.45, 7) is 0. The van der Waals surface area contributed by atoms with E-state index in [-0.39, 0.29) is 6.08 Å². The highest BCUT2D eigenvalue weighted by Crippen LogP contribution is 2.15. The molecule has 0 saturated carbocycles. The van der Waals surface area contributed by atoms with Gasteiger partial charge >= 0.3 is 6.18 Å². The fourth-order valence-electron chi connectivity index (χ4n) is 0.783. The van der Waals surface area contributed by atoms with E-state index in [9.17, 15) is 13.2 Å². The van der Waals surface area contributed by atoms with Crippen molar-refractivity contribution in [2.75, 3.05) is 0 Å². The van der Waals surface area contributed by atoms with E-state index in [1.807, 2.05) is 6.07 Å². The molecule has 0 spiro atoms. The highest BCUT2D eigenvalue weighted by atomic mass is 19.4. The number of allylic oxidation sites excluding steroid dienone is 2. The third-order valence-corrected chi connectivity index (χ3v) is 1.35. The number of halogens is 3. The molecular formula is C11H7F3. The molecule has 0 heterocycles. The average Bonchev–Trinajstić information content (AvgIpc) is 2.13. The van der Waals surface area contributed by atoms with Gasteiger partial charge in [0.05, 0.1) is 0 Å². The maximum absolute atomic E-state index is 11.6. The Morgan fingerprint density at radius 2 is 1.71 bits per heavy atom. The van der Waals surface area contributed by atoms with Crippen LogP contribution in [0, 0.1) is 11.8 Å². The fourth-order valence-corrected chi connectivity index (χ4v) is 0.783. The topological polar surface area (TPSA) is 0 Å². The van der Waals surface area contributed by atoms with E-state index >= 15 is 0 Å². The normalized spacial score (nSPS) is 11.1. The first-order chi connectivity index (χ1) is 6.58. The SMILES string of the molecule is FC(F)(F)C=CC#Cc1ccccc1. The second kappa shape index (κ2) is 4.52. The van der Waals surface area contributed by atoms with Gasteiger partial charge in [0.1, 0.15) is 0 Å². The van der Waals surface area contributed by atoms with Crippen LogP contribution in [0.15, 0.2) is 42.5 Å². The molecule has 14 heavy (non-hydrogen) atoms. The van der Waals surface area contributed by atoms with Crippen molar-refractivity contribution in [3.05, 3.63) is 48.0 Å². The summed E-state index contributed by atoms with van der Waals surface area (Å²) in [5.74, 6) is 4.89. The summed E-state index contributed by atoms with van der Waals surface area (Å²) in [7, 11) is 0. The second-order valence-electron chi connectivity index (χ2n) is 2.51. The molecule has 0 aliphatic heterocycles. The van der Waals surface area contributed by atoms with E-state index in [4.69, 9.17) is 0 Å². The summed E-state index contributed by atoms with van der Waals surface area (Å²) in [6.07, 6.45) is -3.37. The van der Waals surface area contributed by atoms with Gasteiger partial charge in [-0.1, -0.05) is 30.0 Å². The molecule has 1 aromatic rings. The summed E-state index contributed by atoms with van der Waals surface area (Å²) >= 11 is 0. The van der Waals surface area contributed by atoms with Crippen LogP contribution >= 0.6 is 0 Å². The maximum atomic E-state index is 11.6. The lowest BCUT2D eigenvalue weighted by molar-refractivity contribution is -0.0797. The molecule has 0 radical (unpaired) electrons. The van der Waals surface area contributed by atoms with Gasteiger partial charge in [0, 0.05) is 11.6 Å². The predicted octanol–water partition coefficient (Wildman–Crippen LogP) is 3.16. The minimum atomic E-state index is -4.29. The van der Waals surface area contributed by atoms with Crippen LogP contribution in [-0.2, 0) is 0 Å². The Bertz CT molecular complexity index is 363. The van der Waals surface area contributed by atoms with Gasteiger partial charge in [-0.05, 0) is 18.2 Å². The largest absolute Gasteiger partial charge is 0.410 e. The predicted molar refractivity (Wildman–Crippen MR) is 48.5 cm³/mol. The molecule has 1 aromatic carbocycles. The first kappa shape index (κ1) is 10.4. The smallest absolute Gasteiger partial charge is 0.167 e. The molecule has 0 aliphatic carbocycles. The lowest BCUT2D eigenvalue weighted by atomic mass is 10.2. The quantitative estimate of drug-likeness (QED) is 0.559. The summed E-state index contributed by atoms with van der Waals surface area (Å²) in [6, 6.07) is 8.83. The second-order valence-corrected chi connectivity index (χ2v) is 2.51. The van der Waals surface area contributed by atoms with Crippen molar-refractivity contribution in [2.24, 2.45) is 0 Å². The van der Waals surface area contributed by atoms with Gasteiger partial charge in [-0.3, -0.25) is 0 Å². The summed E-state index contributed by atoms with van der Waals surface area (Å²) in [4.78, 5) is 0. The highest BCUT2D eigenvalue weighted by Gasteiger charge is 2.21. The molecule has 0 atom stereocenters. The Hall–Kier alpha value is -1.69. The van der Waals surface area contributed by atoms with Crippen molar-refractivity contribution in [3.63, 3.8) is 0 Å². The van der Waals surface area contributed by atoms with Gasteiger partial charge in [0.15, 0.2) is 0 Å². The van der Waals surface area contributed by atoms with Crippen molar-refractivity contribution in [2.45, 2.75) is 6.18 Å². The van der Waals surface area contributed by atoms with Gasteiger partial charge in [-0.25, -0.2) is 0 Å². The van der Waals surface area contributed by atoms with E-state index in [2.05, 4.69) is 11.8 Å². The van der Waals surface area contributed by atoms with Crippen LogP contribution in [0.1, 0.15) is 5.56 Å². The third-order valence-electron chi connectivity index (χ3n) is 1.35. The lowest BCUT2D eigenvalue weighted by Crippen LogP contribution is -1.99. The summed E-state index contributed by atoms with van der Waals surface area (Å²) < 4.78 is 34.9. The first-order valence-electron chi connectivity index (χ1n) is 3.89. The number of rotatable bonds is 0. The molecule has 72 valence electrons. The molecule has 0 unspecified atom stereocenters. The van der Waals surface area contributed by atoms with Crippen LogP contribution in [0.25, 0.3) is 0 Å². The Balaban J connectivity index is 2.62. The van der Waals surface area contributed by atoms with Crippen LogP contribution in [-0.4, -0.2) is 6.18 Å². The molecule has 3 heteroatoms. The molecule has 0 fully saturated rings. The Morgan fingerprint density at radius 3 is 2.29 bits per heavy atom. The van der Waals surface area contributed by atoms with Crippen LogP contribution in [0.3, 0.4) is 0 Å². The average molecular weight is 196 g/mol. The lowest BCUT2D eigenvalue weighted by Gasteiger charge is -1.93. The van der Waals surface area contributed by atoms with Crippen LogP contribution in [0.4, 0.5) is 13.2 Å². The fraction of sp³-hybridized carbons (Fsp3) is 0.0909. The van der Waals surface area contributed by atoms with Gasteiger partial charge in [-0.2, -0.15) is 13.2 Å². The molecule has 0 aliphatic rings. The minimum Gasteiger partial charge on any atom is -0.167 e. The third kappa shape index (κ3) is 4.36. The van der Waals surface area contributed by atoms with Crippen LogP contribution < -0.4 is 0 Å². The molecular weight excluding hydrogens is 189 g/mol. The highest BCUT2D eigenvalue weighted by molar-refractivity contribution is 5.36. The van der Waals surface area contributed by atoms with Gasteiger partial charge in [-0.15, -0.1) is 0 Å². The van der Waals surface area contributed by atoms with E-state index in [1.54, 1.807) is 24.3 Å².